The summed E-state index contributed by atoms with van der Waals surface area (Å²) in [6, 6.07) is 7.16. The molecule has 2 aromatic carbocycles. The number of benzene rings is 2. The fourth-order valence-electron chi connectivity index (χ4n) is 2.16. The molecule has 3 aromatic rings. The third-order valence-electron chi connectivity index (χ3n) is 3.13. The maximum absolute atomic E-state index is 14.1. The van der Waals surface area contributed by atoms with Crippen LogP contribution in [0.25, 0.3) is 16.7 Å². The van der Waals surface area contributed by atoms with Gasteiger partial charge in [0.25, 0.3) is 0 Å². The minimum absolute atomic E-state index is 0.00431. The third kappa shape index (κ3) is 2.08. The van der Waals surface area contributed by atoms with Crippen molar-refractivity contribution in [2.45, 2.75) is 0 Å². The Morgan fingerprint density at radius 1 is 1.24 bits per heavy atom. The standard InChI is InChI=1S/C14H10ClF2N3O/c1-21-7-2-3-8(15)11(6-7)20-13-10(19-14(20)18)5-4-9(16)12(13)17/h2-6H,1H3,(H2,18,19). The maximum atomic E-state index is 14.1. The van der Waals surface area contributed by atoms with Gasteiger partial charge in [0.15, 0.2) is 11.6 Å². The Bertz CT molecular complexity index is 848. The van der Waals surface area contributed by atoms with E-state index in [1.807, 2.05) is 0 Å². The van der Waals surface area contributed by atoms with Gasteiger partial charge in [0.2, 0.25) is 5.95 Å². The summed E-state index contributed by atoms with van der Waals surface area (Å²) in [7, 11) is 1.49. The zero-order valence-electron chi connectivity index (χ0n) is 10.9. The Labute approximate surface area is 123 Å². The molecule has 3 rings (SSSR count). The zero-order valence-corrected chi connectivity index (χ0v) is 11.7. The molecule has 0 aliphatic carbocycles. The fourth-order valence-corrected chi connectivity index (χ4v) is 2.36. The number of hydrogen-bond acceptors (Lipinski definition) is 3. The van der Waals surface area contributed by atoms with E-state index in [1.165, 1.54) is 17.7 Å². The zero-order chi connectivity index (χ0) is 15.1. The Morgan fingerprint density at radius 3 is 2.71 bits per heavy atom. The highest BCUT2D eigenvalue weighted by Gasteiger charge is 2.19. The minimum atomic E-state index is -1.03. The van der Waals surface area contributed by atoms with Crippen molar-refractivity contribution in [2.75, 3.05) is 12.8 Å². The molecular formula is C14H10ClF2N3O. The number of imidazole rings is 1. The van der Waals surface area contributed by atoms with Crippen molar-refractivity contribution in [1.29, 1.82) is 0 Å². The molecule has 1 heterocycles. The lowest BCUT2D eigenvalue weighted by Gasteiger charge is -2.11. The fraction of sp³-hybridized carbons (Fsp3) is 0.0714. The lowest BCUT2D eigenvalue weighted by molar-refractivity contribution is 0.414. The number of fused-ring (bicyclic) bond motifs is 1. The molecule has 0 spiro atoms. The molecule has 1 aromatic heterocycles. The van der Waals surface area contributed by atoms with Crippen LogP contribution in [-0.2, 0) is 0 Å². The van der Waals surface area contributed by atoms with Crippen LogP contribution < -0.4 is 10.5 Å². The van der Waals surface area contributed by atoms with Crippen molar-refractivity contribution >= 4 is 28.6 Å². The van der Waals surface area contributed by atoms with Gasteiger partial charge < -0.3 is 10.5 Å². The first kappa shape index (κ1) is 13.6. The summed E-state index contributed by atoms with van der Waals surface area (Å²) in [5.74, 6) is -1.50. The van der Waals surface area contributed by atoms with Crippen molar-refractivity contribution < 1.29 is 13.5 Å². The second-order valence-corrected chi connectivity index (χ2v) is 4.76. The Kier molecular flexibility index (Phi) is 3.17. The molecule has 7 heteroatoms. The lowest BCUT2D eigenvalue weighted by Crippen LogP contribution is -2.03. The second-order valence-electron chi connectivity index (χ2n) is 4.35. The van der Waals surface area contributed by atoms with Crippen LogP contribution in [-0.4, -0.2) is 16.7 Å². The molecule has 0 radical (unpaired) electrons. The van der Waals surface area contributed by atoms with Gasteiger partial charge in [0.05, 0.1) is 23.3 Å². The number of nitrogen functional groups attached to an aromatic ring is 1. The van der Waals surface area contributed by atoms with E-state index < -0.39 is 11.6 Å². The van der Waals surface area contributed by atoms with E-state index in [2.05, 4.69) is 4.98 Å². The predicted octanol–water partition coefficient (Wildman–Crippen LogP) is 3.55. The molecule has 0 aliphatic heterocycles. The summed E-state index contributed by atoms with van der Waals surface area (Å²) in [4.78, 5) is 4.02. The van der Waals surface area contributed by atoms with Gasteiger partial charge in [0, 0.05) is 6.07 Å². The highest BCUT2D eigenvalue weighted by molar-refractivity contribution is 6.32. The number of nitrogens with two attached hydrogens (primary N) is 1. The van der Waals surface area contributed by atoms with Crippen molar-refractivity contribution in [2.24, 2.45) is 0 Å². The van der Waals surface area contributed by atoms with E-state index in [1.54, 1.807) is 18.2 Å². The number of hydrogen-bond donors (Lipinski definition) is 1. The summed E-state index contributed by atoms with van der Waals surface area (Å²) in [5, 5.41) is 0.311. The van der Waals surface area contributed by atoms with Crippen molar-refractivity contribution in [1.82, 2.24) is 9.55 Å². The summed E-state index contributed by atoms with van der Waals surface area (Å²) in [6.07, 6.45) is 0. The van der Waals surface area contributed by atoms with Gasteiger partial charge in [0.1, 0.15) is 11.3 Å². The number of ether oxygens (including phenoxy) is 1. The van der Waals surface area contributed by atoms with Gasteiger partial charge in [-0.15, -0.1) is 0 Å². The van der Waals surface area contributed by atoms with Crippen LogP contribution in [0.1, 0.15) is 0 Å². The Balaban J connectivity index is 2.40. The summed E-state index contributed by atoms with van der Waals surface area (Å²) in [6.45, 7) is 0. The number of anilines is 1. The average Bonchev–Trinajstić information content (AvgIpc) is 2.81. The molecule has 0 bridgehead atoms. The molecule has 4 nitrogen and oxygen atoms in total. The number of rotatable bonds is 2. The smallest absolute Gasteiger partial charge is 0.206 e. The van der Waals surface area contributed by atoms with E-state index >= 15 is 0 Å². The van der Waals surface area contributed by atoms with Crippen LogP contribution in [0.3, 0.4) is 0 Å². The highest BCUT2D eigenvalue weighted by atomic mass is 35.5. The predicted molar refractivity (Wildman–Crippen MR) is 77.0 cm³/mol. The number of halogens is 3. The molecule has 0 saturated heterocycles. The minimum Gasteiger partial charge on any atom is -0.497 e. The van der Waals surface area contributed by atoms with Crippen molar-refractivity contribution in [3.8, 4) is 11.4 Å². The molecular weight excluding hydrogens is 300 g/mol. The topological polar surface area (TPSA) is 53.1 Å². The molecule has 0 amide bonds. The highest BCUT2D eigenvalue weighted by Crippen LogP contribution is 2.32. The molecule has 0 aliphatic rings. The van der Waals surface area contributed by atoms with Crippen molar-refractivity contribution in [3.05, 3.63) is 47.0 Å². The van der Waals surface area contributed by atoms with Crippen LogP contribution in [0.2, 0.25) is 5.02 Å². The maximum Gasteiger partial charge on any atom is 0.206 e. The SMILES string of the molecule is COc1ccc(Cl)c(-n2c(N)nc3ccc(F)c(F)c32)c1. The normalized spacial score (nSPS) is 11.0. The first-order valence-electron chi connectivity index (χ1n) is 5.98. The largest absolute Gasteiger partial charge is 0.497 e. The third-order valence-corrected chi connectivity index (χ3v) is 3.45. The van der Waals surface area contributed by atoms with E-state index in [0.717, 1.165) is 6.07 Å². The van der Waals surface area contributed by atoms with Gasteiger partial charge in [-0.2, -0.15) is 0 Å². The van der Waals surface area contributed by atoms with Crippen LogP contribution >= 0.6 is 11.6 Å². The lowest BCUT2D eigenvalue weighted by atomic mass is 10.2. The van der Waals surface area contributed by atoms with Gasteiger partial charge in [-0.25, -0.2) is 13.8 Å². The van der Waals surface area contributed by atoms with E-state index in [-0.39, 0.29) is 17.0 Å². The van der Waals surface area contributed by atoms with E-state index in [4.69, 9.17) is 22.1 Å². The second kappa shape index (κ2) is 4.89. The molecule has 0 saturated carbocycles. The van der Waals surface area contributed by atoms with Gasteiger partial charge >= 0.3 is 0 Å². The van der Waals surface area contributed by atoms with Gasteiger partial charge in [-0.05, 0) is 24.3 Å². The van der Waals surface area contributed by atoms with Gasteiger partial charge in [-0.3, -0.25) is 4.57 Å². The van der Waals surface area contributed by atoms with Gasteiger partial charge in [-0.1, -0.05) is 11.6 Å². The number of aromatic nitrogens is 2. The van der Waals surface area contributed by atoms with Crippen LogP contribution in [0, 0.1) is 11.6 Å². The van der Waals surface area contributed by atoms with E-state index in [0.29, 0.717) is 16.5 Å². The summed E-state index contributed by atoms with van der Waals surface area (Å²) >= 11 is 6.13. The van der Waals surface area contributed by atoms with E-state index in [9.17, 15) is 8.78 Å². The average molecular weight is 310 g/mol. The summed E-state index contributed by atoms with van der Waals surface area (Å²) in [5.41, 5.74) is 6.36. The van der Waals surface area contributed by atoms with Crippen LogP contribution in [0.4, 0.5) is 14.7 Å². The molecule has 0 atom stereocenters. The number of nitrogens with zero attached hydrogens (tertiary/aromatic N) is 2. The molecule has 2 N–H and O–H groups in total. The first-order chi connectivity index (χ1) is 10.0. The Morgan fingerprint density at radius 2 is 2.00 bits per heavy atom. The molecule has 108 valence electrons. The van der Waals surface area contributed by atoms with Crippen molar-refractivity contribution in [3.63, 3.8) is 0 Å². The van der Waals surface area contributed by atoms with Crippen LogP contribution in [0.15, 0.2) is 30.3 Å². The number of methoxy groups -OCH3 is 1. The molecule has 21 heavy (non-hydrogen) atoms. The monoisotopic (exact) mass is 309 g/mol. The molecule has 0 fully saturated rings. The quantitative estimate of drug-likeness (QED) is 0.787. The first-order valence-corrected chi connectivity index (χ1v) is 6.36. The summed E-state index contributed by atoms with van der Waals surface area (Å²) < 4.78 is 34.0. The molecule has 0 unspecified atom stereocenters. The van der Waals surface area contributed by atoms with Crippen LogP contribution in [0.5, 0.6) is 5.75 Å². The Hall–Kier alpha value is -2.34.